The molecule has 0 saturated heterocycles. The molecule has 112 valence electrons. The molecule has 0 radical (unpaired) electrons. The number of rotatable bonds is 8. The number of urea groups is 1. The summed E-state index contributed by atoms with van der Waals surface area (Å²) < 4.78 is 0. The van der Waals surface area contributed by atoms with Gasteiger partial charge in [-0.1, -0.05) is 30.3 Å². The molecule has 2 amide bonds. The summed E-state index contributed by atoms with van der Waals surface area (Å²) in [6, 6.07) is 10.5. The van der Waals surface area contributed by atoms with Crippen molar-refractivity contribution in [2.75, 3.05) is 33.2 Å². The molecule has 0 aliphatic carbocycles. The van der Waals surface area contributed by atoms with Crippen LogP contribution in [0, 0.1) is 0 Å². The third-order valence-corrected chi connectivity index (χ3v) is 3.34. The van der Waals surface area contributed by atoms with Crippen molar-refractivity contribution in [1.82, 2.24) is 15.1 Å². The largest absolute Gasteiger partial charge is 0.338 e. The molecule has 0 aromatic heterocycles. The number of hydrogen-bond acceptors (Lipinski definition) is 2. The molecule has 1 N–H and O–H groups in total. The SMILES string of the molecule is CCN(CC)C(=O)NCCCN(C)Cc1ccccc1. The number of nitrogens with one attached hydrogen (secondary N) is 1. The van der Waals surface area contributed by atoms with Crippen LogP contribution in [-0.4, -0.2) is 49.1 Å². The number of carbonyl (C=O) groups excluding carboxylic acids is 1. The molecule has 1 aromatic carbocycles. The number of nitrogens with zero attached hydrogens (tertiary/aromatic N) is 2. The maximum atomic E-state index is 11.7. The van der Waals surface area contributed by atoms with Crippen molar-refractivity contribution in [2.24, 2.45) is 0 Å². The van der Waals surface area contributed by atoms with Gasteiger partial charge in [-0.25, -0.2) is 4.79 Å². The van der Waals surface area contributed by atoms with E-state index >= 15 is 0 Å². The summed E-state index contributed by atoms with van der Waals surface area (Å²) in [6.45, 7) is 8.17. The smallest absolute Gasteiger partial charge is 0.317 e. The maximum Gasteiger partial charge on any atom is 0.317 e. The molecular formula is C16H27N3O. The lowest BCUT2D eigenvalue weighted by Crippen LogP contribution is -2.40. The van der Waals surface area contributed by atoms with E-state index in [1.165, 1.54) is 5.56 Å². The average Bonchev–Trinajstić information content (AvgIpc) is 2.46. The van der Waals surface area contributed by atoms with Crippen molar-refractivity contribution in [3.8, 4) is 0 Å². The Morgan fingerprint density at radius 3 is 2.40 bits per heavy atom. The first-order valence-electron chi connectivity index (χ1n) is 7.42. The predicted molar refractivity (Wildman–Crippen MR) is 83.7 cm³/mol. The van der Waals surface area contributed by atoms with E-state index in [1.54, 1.807) is 4.90 Å². The van der Waals surface area contributed by atoms with Crippen LogP contribution < -0.4 is 5.32 Å². The Labute approximate surface area is 122 Å². The molecule has 0 fully saturated rings. The summed E-state index contributed by atoms with van der Waals surface area (Å²) in [5.74, 6) is 0. The second-order valence-electron chi connectivity index (χ2n) is 4.98. The molecule has 0 heterocycles. The second kappa shape index (κ2) is 9.37. The first-order chi connectivity index (χ1) is 9.67. The van der Waals surface area contributed by atoms with Gasteiger partial charge in [0.05, 0.1) is 0 Å². The van der Waals surface area contributed by atoms with Crippen LogP contribution in [0.5, 0.6) is 0 Å². The van der Waals surface area contributed by atoms with Gasteiger partial charge < -0.3 is 15.1 Å². The van der Waals surface area contributed by atoms with Crippen molar-refractivity contribution in [2.45, 2.75) is 26.8 Å². The Morgan fingerprint density at radius 1 is 1.15 bits per heavy atom. The third kappa shape index (κ3) is 6.06. The number of carbonyl (C=O) groups is 1. The summed E-state index contributed by atoms with van der Waals surface area (Å²) in [7, 11) is 2.11. The van der Waals surface area contributed by atoms with Gasteiger partial charge in [0.2, 0.25) is 0 Å². The number of hydrogen-bond donors (Lipinski definition) is 1. The van der Waals surface area contributed by atoms with Gasteiger partial charge in [-0.2, -0.15) is 0 Å². The molecule has 1 aromatic rings. The average molecular weight is 277 g/mol. The van der Waals surface area contributed by atoms with Crippen LogP contribution in [0.15, 0.2) is 30.3 Å². The fourth-order valence-corrected chi connectivity index (χ4v) is 2.14. The molecule has 0 spiro atoms. The lowest BCUT2D eigenvalue weighted by atomic mass is 10.2. The summed E-state index contributed by atoms with van der Waals surface area (Å²) in [5, 5.41) is 2.96. The molecule has 0 bridgehead atoms. The first kappa shape index (κ1) is 16.5. The second-order valence-corrected chi connectivity index (χ2v) is 4.98. The molecule has 1 rings (SSSR count). The van der Waals surface area contributed by atoms with Crippen LogP contribution in [0.4, 0.5) is 4.79 Å². The van der Waals surface area contributed by atoms with Gasteiger partial charge >= 0.3 is 6.03 Å². The molecule has 4 heteroatoms. The predicted octanol–water partition coefficient (Wildman–Crippen LogP) is 2.56. The fourth-order valence-electron chi connectivity index (χ4n) is 2.14. The number of amides is 2. The summed E-state index contributed by atoms with van der Waals surface area (Å²) in [6.07, 6.45) is 0.969. The van der Waals surface area contributed by atoms with E-state index in [1.807, 2.05) is 19.9 Å². The molecule has 0 aliphatic heterocycles. The summed E-state index contributed by atoms with van der Waals surface area (Å²) in [5.41, 5.74) is 1.32. The van der Waals surface area contributed by atoms with Crippen molar-refractivity contribution < 1.29 is 4.79 Å². The van der Waals surface area contributed by atoms with E-state index < -0.39 is 0 Å². The van der Waals surface area contributed by atoms with Crippen LogP contribution >= 0.6 is 0 Å². The highest BCUT2D eigenvalue weighted by Gasteiger charge is 2.07. The first-order valence-corrected chi connectivity index (χ1v) is 7.42. The van der Waals surface area contributed by atoms with Crippen LogP contribution in [0.1, 0.15) is 25.8 Å². The fraction of sp³-hybridized carbons (Fsp3) is 0.562. The summed E-state index contributed by atoms with van der Waals surface area (Å²) in [4.78, 5) is 15.8. The van der Waals surface area contributed by atoms with E-state index in [2.05, 4.69) is 41.5 Å². The highest BCUT2D eigenvalue weighted by Crippen LogP contribution is 2.02. The Morgan fingerprint density at radius 2 is 1.80 bits per heavy atom. The highest BCUT2D eigenvalue weighted by molar-refractivity contribution is 5.73. The zero-order valence-electron chi connectivity index (χ0n) is 12.9. The standard InChI is InChI=1S/C16H27N3O/c1-4-19(5-2)16(20)17-12-9-13-18(3)14-15-10-7-6-8-11-15/h6-8,10-11H,4-5,9,12-14H2,1-3H3,(H,17,20). The maximum absolute atomic E-state index is 11.7. The minimum absolute atomic E-state index is 0.0423. The molecular weight excluding hydrogens is 250 g/mol. The van der Waals surface area contributed by atoms with Crippen LogP contribution in [-0.2, 0) is 6.54 Å². The quantitative estimate of drug-likeness (QED) is 0.741. The van der Waals surface area contributed by atoms with Gasteiger partial charge in [0.15, 0.2) is 0 Å². The van der Waals surface area contributed by atoms with E-state index in [0.717, 1.165) is 39.1 Å². The minimum Gasteiger partial charge on any atom is -0.338 e. The minimum atomic E-state index is 0.0423. The van der Waals surface area contributed by atoms with Gasteiger partial charge in [0, 0.05) is 26.2 Å². The van der Waals surface area contributed by atoms with E-state index in [0.29, 0.717) is 0 Å². The third-order valence-electron chi connectivity index (χ3n) is 3.34. The molecule has 0 aliphatic rings. The topological polar surface area (TPSA) is 35.6 Å². The molecule has 20 heavy (non-hydrogen) atoms. The normalized spacial score (nSPS) is 10.6. The van der Waals surface area contributed by atoms with Gasteiger partial charge in [0.25, 0.3) is 0 Å². The lowest BCUT2D eigenvalue weighted by Gasteiger charge is -2.20. The van der Waals surface area contributed by atoms with Crippen molar-refractivity contribution in [3.05, 3.63) is 35.9 Å². The van der Waals surface area contributed by atoms with Crippen LogP contribution in [0.2, 0.25) is 0 Å². The zero-order chi connectivity index (χ0) is 14.8. The van der Waals surface area contributed by atoms with Gasteiger partial charge in [-0.15, -0.1) is 0 Å². The van der Waals surface area contributed by atoms with Crippen LogP contribution in [0.25, 0.3) is 0 Å². The molecule has 0 atom stereocenters. The Bertz CT molecular complexity index is 377. The highest BCUT2D eigenvalue weighted by atomic mass is 16.2. The van der Waals surface area contributed by atoms with E-state index in [9.17, 15) is 4.79 Å². The summed E-state index contributed by atoms with van der Waals surface area (Å²) >= 11 is 0. The van der Waals surface area contributed by atoms with Crippen molar-refractivity contribution in [3.63, 3.8) is 0 Å². The van der Waals surface area contributed by atoms with Crippen molar-refractivity contribution >= 4 is 6.03 Å². The Balaban J connectivity index is 2.16. The zero-order valence-corrected chi connectivity index (χ0v) is 12.9. The van der Waals surface area contributed by atoms with Crippen LogP contribution in [0.3, 0.4) is 0 Å². The van der Waals surface area contributed by atoms with E-state index in [4.69, 9.17) is 0 Å². The van der Waals surface area contributed by atoms with Gasteiger partial charge in [-0.3, -0.25) is 0 Å². The molecule has 0 saturated carbocycles. The molecule has 0 unspecified atom stereocenters. The Hall–Kier alpha value is -1.55. The van der Waals surface area contributed by atoms with Crippen molar-refractivity contribution in [1.29, 1.82) is 0 Å². The Kier molecular flexibility index (Phi) is 7.73. The van der Waals surface area contributed by atoms with E-state index in [-0.39, 0.29) is 6.03 Å². The molecule has 4 nitrogen and oxygen atoms in total. The van der Waals surface area contributed by atoms with Gasteiger partial charge in [0.1, 0.15) is 0 Å². The number of benzene rings is 1. The lowest BCUT2D eigenvalue weighted by molar-refractivity contribution is 0.202. The monoisotopic (exact) mass is 277 g/mol. The van der Waals surface area contributed by atoms with Gasteiger partial charge in [-0.05, 0) is 39.4 Å².